The van der Waals surface area contributed by atoms with Gasteiger partial charge in [0.1, 0.15) is 0 Å². The molecule has 0 radical (unpaired) electrons. The second kappa shape index (κ2) is 6.39. The molecule has 0 bridgehead atoms. The third kappa shape index (κ3) is 4.25. The predicted octanol–water partition coefficient (Wildman–Crippen LogP) is -0.0811. The number of amides is 2. The van der Waals surface area contributed by atoms with E-state index in [1.54, 1.807) is 18.2 Å². The zero-order chi connectivity index (χ0) is 13.5. The summed E-state index contributed by atoms with van der Waals surface area (Å²) in [5.74, 6) is -1.92. The number of rotatable bonds is 6. The summed E-state index contributed by atoms with van der Waals surface area (Å²) in [6.45, 7) is 0.156. The lowest BCUT2D eigenvalue weighted by molar-refractivity contribution is -0.120. The van der Waals surface area contributed by atoms with E-state index >= 15 is 0 Å². The lowest BCUT2D eigenvalue weighted by atomic mass is 10.0. The van der Waals surface area contributed by atoms with Gasteiger partial charge in [0.2, 0.25) is 11.8 Å². The maximum atomic E-state index is 11.5. The average molecular weight is 250 g/mol. The minimum atomic E-state index is -1.07. The molecule has 6 heteroatoms. The van der Waals surface area contributed by atoms with E-state index in [4.69, 9.17) is 10.8 Å². The van der Waals surface area contributed by atoms with Gasteiger partial charge in [0.05, 0.1) is 12.0 Å². The molecule has 18 heavy (non-hydrogen) atoms. The highest BCUT2D eigenvalue weighted by atomic mass is 16.4. The topological polar surface area (TPSA) is 109 Å². The van der Waals surface area contributed by atoms with Crippen LogP contribution in [0.15, 0.2) is 24.3 Å². The first-order chi connectivity index (χ1) is 8.50. The molecule has 0 atom stereocenters. The Morgan fingerprint density at radius 2 is 1.89 bits per heavy atom. The van der Waals surface area contributed by atoms with Crippen molar-refractivity contribution in [2.24, 2.45) is 5.73 Å². The van der Waals surface area contributed by atoms with Crippen LogP contribution in [0.25, 0.3) is 0 Å². The molecule has 0 heterocycles. The van der Waals surface area contributed by atoms with Crippen LogP contribution in [0.2, 0.25) is 0 Å². The van der Waals surface area contributed by atoms with Crippen molar-refractivity contribution in [2.75, 3.05) is 6.54 Å². The molecule has 1 aromatic carbocycles. The minimum Gasteiger partial charge on any atom is -0.478 e. The number of aromatic carboxylic acids is 1. The Balaban J connectivity index is 2.59. The fourth-order valence-corrected chi connectivity index (χ4v) is 1.44. The summed E-state index contributed by atoms with van der Waals surface area (Å²) in [5, 5.41) is 11.4. The van der Waals surface area contributed by atoms with Crippen LogP contribution in [-0.4, -0.2) is 29.4 Å². The highest BCUT2D eigenvalue weighted by Crippen LogP contribution is 2.09. The van der Waals surface area contributed by atoms with Crippen molar-refractivity contribution in [2.45, 2.75) is 12.8 Å². The molecule has 0 saturated carbocycles. The van der Waals surface area contributed by atoms with Crippen LogP contribution in [0.3, 0.4) is 0 Å². The van der Waals surface area contributed by atoms with Gasteiger partial charge in [-0.2, -0.15) is 0 Å². The van der Waals surface area contributed by atoms with Gasteiger partial charge in [-0.25, -0.2) is 4.79 Å². The number of hydrogen-bond donors (Lipinski definition) is 3. The van der Waals surface area contributed by atoms with Crippen molar-refractivity contribution in [3.8, 4) is 0 Å². The van der Waals surface area contributed by atoms with Crippen LogP contribution in [-0.2, 0) is 16.0 Å². The molecule has 0 aliphatic rings. The van der Waals surface area contributed by atoms with Crippen molar-refractivity contribution < 1.29 is 19.5 Å². The normalized spacial score (nSPS) is 9.78. The first-order valence-electron chi connectivity index (χ1n) is 5.37. The number of carbonyl (C=O) groups is 3. The number of carboxylic acid groups (broad SMARTS) is 1. The SMILES string of the molecule is NC(=O)CCNC(=O)Cc1ccccc1C(=O)O. The van der Waals surface area contributed by atoms with Crippen LogP contribution in [0, 0.1) is 0 Å². The second-order valence-corrected chi connectivity index (χ2v) is 3.71. The molecule has 96 valence electrons. The molecule has 0 fully saturated rings. The van der Waals surface area contributed by atoms with E-state index in [0.717, 1.165) is 0 Å². The first-order valence-corrected chi connectivity index (χ1v) is 5.37. The quantitative estimate of drug-likeness (QED) is 0.655. The zero-order valence-corrected chi connectivity index (χ0v) is 9.68. The van der Waals surface area contributed by atoms with Gasteiger partial charge in [0.15, 0.2) is 0 Å². The summed E-state index contributed by atoms with van der Waals surface area (Å²) in [4.78, 5) is 32.9. The summed E-state index contributed by atoms with van der Waals surface area (Å²) in [5.41, 5.74) is 5.46. The van der Waals surface area contributed by atoms with Crippen molar-refractivity contribution >= 4 is 17.8 Å². The van der Waals surface area contributed by atoms with Crippen molar-refractivity contribution in [3.05, 3.63) is 35.4 Å². The van der Waals surface area contributed by atoms with Gasteiger partial charge in [0.25, 0.3) is 0 Å². The predicted molar refractivity (Wildman–Crippen MR) is 63.9 cm³/mol. The van der Waals surface area contributed by atoms with Crippen LogP contribution >= 0.6 is 0 Å². The van der Waals surface area contributed by atoms with E-state index in [0.29, 0.717) is 5.56 Å². The Morgan fingerprint density at radius 1 is 1.22 bits per heavy atom. The summed E-state index contributed by atoms with van der Waals surface area (Å²) < 4.78 is 0. The average Bonchev–Trinajstić information content (AvgIpc) is 2.28. The van der Waals surface area contributed by atoms with Crippen LogP contribution in [0.5, 0.6) is 0 Å². The van der Waals surface area contributed by atoms with Gasteiger partial charge in [0, 0.05) is 13.0 Å². The van der Waals surface area contributed by atoms with E-state index in [9.17, 15) is 14.4 Å². The largest absolute Gasteiger partial charge is 0.478 e. The van der Waals surface area contributed by atoms with E-state index in [1.165, 1.54) is 6.07 Å². The van der Waals surface area contributed by atoms with E-state index < -0.39 is 11.9 Å². The Kier molecular flexibility index (Phi) is 4.86. The highest BCUT2D eigenvalue weighted by Gasteiger charge is 2.12. The van der Waals surface area contributed by atoms with Crippen molar-refractivity contribution in [1.29, 1.82) is 0 Å². The molecule has 1 rings (SSSR count). The summed E-state index contributed by atoms with van der Waals surface area (Å²) in [7, 11) is 0. The maximum Gasteiger partial charge on any atom is 0.335 e. The second-order valence-electron chi connectivity index (χ2n) is 3.71. The molecule has 0 aliphatic carbocycles. The molecule has 0 aromatic heterocycles. The van der Waals surface area contributed by atoms with Crippen molar-refractivity contribution in [3.63, 3.8) is 0 Å². The van der Waals surface area contributed by atoms with Gasteiger partial charge in [-0.3, -0.25) is 9.59 Å². The van der Waals surface area contributed by atoms with Gasteiger partial charge in [-0.05, 0) is 11.6 Å². The molecule has 0 unspecified atom stereocenters. The molecule has 0 spiro atoms. The molecule has 2 amide bonds. The molecule has 4 N–H and O–H groups in total. The third-order valence-corrected chi connectivity index (χ3v) is 2.29. The smallest absolute Gasteiger partial charge is 0.335 e. The summed E-state index contributed by atoms with van der Waals surface area (Å²) in [6, 6.07) is 6.28. The Morgan fingerprint density at radius 3 is 2.50 bits per heavy atom. The maximum absolute atomic E-state index is 11.5. The molecule has 0 saturated heterocycles. The van der Waals surface area contributed by atoms with E-state index in [-0.39, 0.29) is 30.9 Å². The molecule has 1 aromatic rings. The lowest BCUT2D eigenvalue weighted by Crippen LogP contribution is -2.29. The van der Waals surface area contributed by atoms with Gasteiger partial charge < -0.3 is 16.2 Å². The fraction of sp³-hybridized carbons (Fsp3) is 0.250. The number of primary amides is 1. The summed E-state index contributed by atoms with van der Waals surface area (Å²) in [6.07, 6.45) is 0.0214. The van der Waals surface area contributed by atoms with Crippen molar-refractivity contribution in [1.82, 2.24) is 5.32 Å². The van der Waals surface area contributed by atoms with Crippen LogP contribution in [0.1, 0.15) is 22.3 Å². The highest BCUT2D eigenvalue weighted by molar-refractivity contribution is 5.91. The van der Waals surface area contributed by atoms with Gasteiger partial charge in [-0.1, -0.05) is 18.2 Å². The van der Waals surface area contributed by atoms with Crippen LogP contribution in [0.4, 0.5) is 0 Å². The van der Waals surface area contributed by atoms with Gasteiger partial charge in [-0.15, -0.1) is 0 Å². The fourth-order valence-electron chi connectivity index (χ4n) is 1.44. The third-order valence-electron chi connectivity index (χ3n) is 2.29. The minimum absolute atomic E-state index is 0.0404. The number of nitrogens with one attached hydrogen (secondary N) is 1. The van der Waals surface area contributed by atoms with E-state index in [2.05, 4.69) is 5.32 Å². The molecular formula is C12H14N2O4. The molecular weight excluding hydrogens is 236 g/mol. The molecule has 6 nitrogen and oxygen atoms in total. The summed E-state index contributed by atoms with van der Waals surface area (Å²) >= 11 is 0. The number of nitrogens with two attached hydrogens (primary N) is 1. The monoisotopic (exact) mass is 250 g/mol. The Hall–Kier alpha value is -2.37. The Bertz CT molecular complexity index is 471. The molecule has 0 aliphatic heterocycles. The van der Waals surface area contributed by atoms with Crippen LogP contribution < -0.4 is 11.1 Å². The number of benzene rings is 1. The number of hydrogen-bond acceptors (Lipinski definition) is 3. The first kappa shape index (κ1) is 13.7. The zero-order valence-electron chi connectivity index (χ0n) is 9.68. The Labute approximate surface area is 104 Å². The number of carbonyl (C=O) groups excluding carboxylic acids is 2. The number of carboxylic acids is 1. The standard InChI is InChI=1S/C12H14N2O4/c13-10(15)5-6-14-11(16)7-8-3-1-2-4-9(8)12(17)18/h1-4H,5-7H2,(H2,13,15)(H,14,16)(H,17,18). The van der Waals surface area contributed by atoms with E-state index in [1.807, 2.05) is 0 Å². The lowest BCUT2D eigenvalue weighted by Gasteiger charge is -2.06. The van der Waals surface area contributed by atoms with Gasteiger partial charge >= 0.3 is 5.97 Å².